The van der Waals surface area contributed by atoms with Crippen LogP contribution in [-0.4, -0.2) is 55.9 Å². The first-order valence-corrected chi connectivity index (χ1v) is 13.5. The first-order chi connectivity index (χ1) is 16.9. The summed E-state index contributed by atoms with van der Waals surface area (Å²) in [5, 5.41) is 2.91. The Morgan fingerprint density at radius 3 is 2.53 bits per heavy atom. The lowest BCUT2D eigenvalue weighted by Gasteiger charge is -2.31. The Hall–Kier alpha value is -3.08. The molecule has 2 aromatic heterocycles. The molecule has 2 atom stereocenters. The van der Waals surface area contributed by atoms with Crippen molar-refractivity contribution in [3.05, 3.63) is 42.7 Å². The number of halogens is 1. The number of hydrogen-bond donors (Lipinski definition) is 2. The Labute approximate surface area is 209 Å². The molecule has 11 nitrogen and oxygen atoms in total. The topological polar surface area (TPSA) is 143 Å². The summed E-state index contributed by atoms with van der Waals surface area (Å²) >= 11 is 0. The van der Waals surface area contributed by atoms with E-state index in [1.165, 1.54) is 30.6 Å². The van der Waals surface area contributed by atoms with Gasteiger partial charge in [-0.05, 0) is 58.9 Å². The number of imidazole rings is 1. The summed E-state index contributed by atoms with van der Waals surface area (Å²) in [6.45, 7) is 8.77. The van der Waals surface area contributed by atoms with E-state index in [9.17, 15) is 13.8 Å². The highest BCUT2D eigenvalue weighted by Gasteiger charge is 2.38. The van der Waals surface area contributed by atoms with Gasteiger partial charge in [-0.1, -0.05) is 0 Å². The first kappa shape index (κ1) is 27.5. The third-order valence-electron chi connectivity index (χ3n) is 5.04. The lowest BCUT2D eigenvalue weighted by Crippen LogP contribution is -2.48. The molecule has 196 valence electrons. The SMILES string of the molecule is CC(C)OC(=O)C(C)(C)N[P@@](=O)(COc1ccc(F)cc1)CO[C@H](C)Cn1cnc2c(N)ncnc21. The van der Waals surface area contributed by atoms with Crippen LogP contribution in [0, 0.1) is 5.82 Å². The maximum absolute atomic E-state index is 13.9. The van der Waals surface area contributed by atoms with Crippen LogP contribution in [0.4, 0.5) is 10.2 Å². The molecule has 0 aliphatic rings. The number of aromatic nitrogens is 4. The molecule has 0 saturated carbocycles. The predicted molar refractivity (Wildman–Crippen MR) is 133 cm³/mol. The van der Waals surface area contributed by atoms with E-state index >= 15 is 0 Å². The molecule has 36 heavy (non-hydrogen) atoms. The number of hydrogen-bond acceptors (Lipinski definition) is 9. The van der Waals surface area contributed by atoms with E-state index in [1.54, 1.807) is 45.5 Å². The molecule has 0 amide bonds. The van der Waals surface area contributed by atoms with Gasteiger partial charge in [0.1, 0.15) is 35.3 Å². The summed E-state index contributed by atoms with van der Waals surface area (Å²) in [7, 11) is -3.47. The lowest BCUT2D eigenvalue weighted by atomic mass is 10.1. The minimum atomic E-state index is -3.47. The summed E-state index contributed by atoms with van der Waals surface area (Å²) in [4.78, 5) is 25.0. The van der Waals surface area contributed by atoms with Gasteiger partial charge in [-0.3, -0.25) is 4.79 Å². The Kier molecular flexibility index (Phi) is 8.65. The first-order valence-electron chi connectivity index (χ1n) is 11.4. The van der Waals surface area contributed by atoms with Crippen molar-refractivity contribution < 1.29 is 28.0 Å². The van der Waals surface area contributed by atoms with Crippen molar-refractivity contribution in [2.45, 2.75) is 58.9 Å². The predicted octanol–water partition coefficient (Wildman–Crippen LogP) is 3.54. The minimum absolute atomic E-state index is 0.239. The number of nitrogens with two attached hydrogens (primary N) is 1. The number of benzene rings is 1. The highest BCUT2D eigenvalue weighted by atomic mass is 31.2. The van der Waals surface area contributed by atoms with Crippen LogP contribution in [0.1, 0.15) is 34.6 Å². The van der Waals surface area contributed by atoms with Crippen molar-refractivity contribution in [3.63, 3.8) is 0 Å². The number of carbonyl (C=O) groups excluding carboxylic acids is 1. The van der Waals surface area contributed by atoms with E-state index in [0.29, 0.717) is 23.5 Å². The molecule has 3 aromatic rings. The van der Waals surface area contributed by atoms with Crippen LogP contribution < -0.4 is 15.6 Å². The van der Waals surface area contributed by atoms with Gasteiger partial charge in [0.2, 0.25) is 7.29 Å². The molecular formula is C23H32FN6O5P. The largest absolute Gasteiger partial charge is 0.484 e. The summed E-state index contributed by atoms with van der Waals surface area (Å²) in [5.74, 6) is -0.377. The highest BCUT2D eigenvalue weighted by Crippen LogP contribution is 2.44. The molecule has 0 bridgehead atoms. The number of rotatable bonds is 12. The Bertz CT molecular complexity index is 1230. The van der Waals surface area contributed by atoms with Gasteiger partial charge in [0.25, 0.3) is 0 Å². The smallest absolute Gasteiger partial charge is 0.326 e. The number of ether oxygens (including phenoxy) is 3. The van der Waals surface area contributed by atoms with E-state index < -0.39 is 30.7 Å². The molecule has 0 radical (unpaired) electrons. The molecule has 0 unspecified atom stereocenters. The van der Waals surface area contributed by atoms with Crippen LogP contribution in [0.3, 0.4) is 0 Å². The van der Waals surface area contributed by atoms with E-state index in [4.69, 9.17) is 19.9 Å². The Morgan fingerprint density at radius 1 is 1.17 bits per heavy atom. The number of nitrogens with one attached hydrogen (secondary N) is 1. The maximum atomic E-state index is 13.9. The molecule has 0 fully saturated rings. The third-order valence-corrected chi connectivity index (χ3v) is 7.12. The fraction of sp³-hybridized carbons (Fsp3) is 0.478. The van der Waals surface area contributed by atoms with E-state index in [1.807, 2.05) is 0 Å². The van der Waals surface area contributed by atoms with Gasteiger partial charge in [-0.25, -0.2) is 24.4 Å². The Balaban J connectivity index is 1.72. The second-order valence-electron chi connectivity index (χ2n) is 9.24. The fourth-order valence-corrected chi connectivity index (χ4v) is 5.50. The van der Waals surface area contributed by atoms with Gasteiger partial charge in [0.15, 0.2) is 17.8 Å². The van der Waals surface area contributed by atoms with Crippen molar-refractivity contribution in [2.75, 3.05) is 18.4 Å². The van der Waals surface area contributed by atoms with Crippen LogP contribution in [-0.2, 0) is 25.4 Å². The summed E-state index contributed by atoms with van der Waals surface area (Å²) in [6.07, 6.45) is 1.65. The van der Waals surface area contributed by atoms with Crippen LogP contribution in [0.5, 0.6) is 5.75 Å². The lowest BCUT2D eigenvalue weighted by molar-refractivity contribution is -0.153. The van der Waals surface area contributed by atoms with Crippen LogP contribution in [0.2, 0.25) is 0 Å². The number of nitrogens with zero attached hydrogens (tertiary/aromatic N) is 4. The number of fused-ring (bicyclic) bond motifs is 1. The second kappa shape index (κ2) is 11.3. The van der Waals surface area contributed by atoms with E-state index in [0.717, 1.165) is 0 Å². The zero-order chi connectivity index (χ0) is 26.5. The van der Waals surface area contributed by atoms with Crippen molar-refractivity contribution in [1.29, 1.82) is 0 Å². The molecule has 0 aliphatic carbocycles. The average molecular weight is 523 g/mol. The van der Waals surface area contributed by atoms with Crippen molar-refractivity contribution >= 4 is 30.2 Å². The summed E-state index contributed by atoms with van der Waals surface area (Å²) < 4.78 is 45.8. The highest BCUT2D eigenvalue weighted by molar-refractivity contribution is 7.61. The third kappa shape index (κ3) is 7.22. The average Bonchev–Trinajstić information content (AvgIpc) is 3.21. The van der Waals surface area contributed by atoms with E-state index in [2.05, 4.69) is 20.0 Å². The number of nitrogen functional groups attached to an aromatic ring is 1. The normalized spacial score (nSPS) is 14.5. The minimum Gasteiger partial charge on any atom is -0.484 e. The molecule has 3 rings (SSSR count). The zero-order valence-electron chi connectivity index (χ0n) is 21.0. The van der Waals surface area contributed by atoms with Crippen molar-refractivity contribution in [2.24, 2.45) is 0 Å². The quantitative estimate of drug-likeness (QED) is 0.268. The van der Waals surface area contributed by atoms with Crippen LogP contribution in [0.15, 0.2) is 36.9 Å². The monoisotopic (exact) mass is 522 g/mol. The zero-order valence-corrected chi connectivity index (χ0v) is 21.9. The van der Waals surface area contributed by atoms with Gasteiger partial charge in [0, 0.05) is 0 Å². The van der Waals surface area contributed by atoms with Gasteiger partial charge < -0.3 is 29.1 Å². The molecule has 3 N–H and O–H groups in total. The molecule has 2 heterocycles. The van der Waals surface area contributed by atoms with Gasteiger partial charge in [-0.15, -0.1) is 0 Å². The van der Waals surface area contributed by atoms with Crippen molar-refractivity contribution in [1.82, 2.24) is 24.6 Å². The molecule has 0 spiro atoms. The molecule has 13 heteroatoms. The summed E-state index contributed by atoms with van der Waals surface area (Å²) in [5.41, 5.74) is 5.59. The molecule has 0 aliphatic heterocycles. The van der Waals surface area contributed by atoms with E-state index in [-0.39, 0.29) is 24.6 Å². The second-order valence-corrected chi connectivity index (χ2v) is 11.8. The Morgan fingerprint density at radius 2 is 1.86 bits per heavy atom. The van der Waals surface area contributed by atoms with Gasteiger partial charge in [-0.2, -0.15) is 0 Å². The van der Waals surface area contributed by atoms with Crippen LogP contribution in [0.25, 0.3) is 11.2 Å². The molecule has 1 aromatic carbocycles. The number of anilines is 1. The molecule has 0 saturated heterocycles. The standard InChI is InChI=1S/C23H32FN6O5P/c1-15(2)35-22(31)23(4,5)29-36(32,14-34-18-8-6-17(24)7-9-18)13-33-16(3)10-30-12-28-19-20(25)26-11-27-21(19)30/h6-9,11-12,15-16H,10,13-14H2,1-5H3,(H,29,32)(H2,25,26,27)/t16-,36+/m1/s1. The maximum Gasteiger partial charge on any atom is 0.326 e. The fourth-order valence-electron chi connectivity index (χ4n) is 3.34. The molecular weight excluding hydrogens is 490 g/mol. The number of carbonyl (C=O) groups is 1. The van der Waals surface area contributed by atoms with Gasteiger partial charge in [0.05, 0.1) is 25.1 Å². The van der Waals surface area contributed by atoms with Gasteiger partial charge >= 0.3 is 5.97 Å². The number of esters is 1. The van der Waals surface area contributed by atoms with Crippen molar-refractivity contribution in [3.8, 4) is 5.75 Å². The van der Waals surface area contributed by atoms with Crippen LogP contribution >= 0.6 is 7.29 Å². The summed E-state index contributed by atoms with van der Waals surface area (Å²) in [6, 6.07) is 5.34.